The number of alkyl halides is 3. The van der Waals surface area contributed by atoms with E-state index in [0.717, 1.165) is 0 Å². The number of hydrogen-bond acceptors (Lipinski definition) is 3. The summed E-state index contributed by atoms with van der Waals surface area (Å²) in [5, 5.41) is 2.64. The molecule has 2 aromatic carbocycles. The van der Waals surface area contributed by atoms with Crippen LogP contribution in [-0.2, 0) is 16.0 Å². The minimum atomic E-state index is -4.34. The number of anilines is 1. The number of nitrogens with two attached hydrogens (primary N) is 1. The number of nitrogens with one attached hydrogen (secondary N) is 1. The van der Waals surface area contributed by atoms with E-state index in [-0.39, 0.29) is 23.1 Å². The molecular formula is C18H15F3N2O2S. The summed E-state index contributed by atoms with van der Waals surface area (Å²) >= 11 is -0.199. The Morgan fingerprint density at radius 2 is 1.73 bits per heavy atom. The molecule has 4 nitrogen and oxygen atoms in total. The van der Waals surface area contributed by atoms with Crippen molar-refractivity contribution in [1.29, 1.82) is 0 Å². The van der Waals surface area contributed by atoms with Crippen LogP contribution in [0.5, 0.6) is 0 Å². The number of primary amides is 1. The quantitative estimate of drug-likeness (QED) is 0.588. The van der Waals surface area contributed by atoms with Crippen LogP contribution in [0.3, 0.4) is 0 Å². The van der Waals surface area contributed by atoms with Crippen LogP contribution in [-0.4, -0.2) is 17.3 Å². The Morgan fingerprint density at radius 3 is 2.35 bits per heavy atom. The van der Waals surface area contributed by atoms with Crippen molar-refractivity contribution >= 4 is 35.3 Å². The van der Waals surface area contributed by atoms with Crippen molar-refractivity contribution in [3.63, 3.8) is 0 Å². The lowest BCUT2D eigenvalue weighted by molar-refractivity contribution is -0.117. The number of benzene rings is 2. The van der Waals surface area contributed by atoms with Gasteiger partial charge < -0.3 is 11.1 Å². The summed E-state index contributed by atoms with van der Waals surface area (Å²) in [4.78, 5) is 23.1. The molecule has 0 spiro atoms. The molecule has 0 bridgehead atoms. The highest BCUT2D eigenvalue weighted by molar-refractivity contribution is 8.00. The minimum absolute atomic E-state index is 0.00149. The molecule has 0 atom stereocenters. The summed E-state index contributed by atoms with van der Waals surface area (Å²) in [5.41, 5.74) is 2.48. The fraction of sp³-hybridized carbons (Fsp3) is 0.111. The summed E-state index contributed by atoms with van der Waals surface area (Å²) in [7, 11) is 0. The van der Waals surface area contributed by atoms with Crippen molar-refractivity contribution < 1.29 is 22.8 Å². The maximum atomic E-state index is 12.3. The number of amides is 2. The molecule has 0 unspecified atom stereocenters. The lowest BCUT2D eigenvalue weighted by atomic mass is 10.1. The van der Waals surface area contributed by atoms with E-state index < -0.39 is 17.3 Å². The standard InChI is InChI=1S/C18H15F3N2O2S/c19-18(20,21)26-14-8-5-12(6-9-14)7-10-17(25)23-15-4-2-1-3-13(15)11-16(22)24/h1-10H,11H2,(H2,22,24)(H,23,25). The predicted octanol–water partition coefficient (Wildman–Crippen LogP) is 3.98. The van der Waals surface area contributed by atoms with Crippen molar-refractivity contribution in [1.82, 2.24) is 0 Å². The Hall–Kier alpha value is -2.74. The fourth-order valence-corrected chi connectivity index (χ4v) is 2.65. The second kappa shape index (κ2) is 8.57. The average molecular weight is 380 g/mol. The largest absolute Gasteiger partial charge is 0.446 e. The van der Waals surface area contributed by atoms with Crippen molar-refractivity contribution in [2.75, 3.05) is 5.32 Å². The second-order valence-corrected chi connectivity index (χ2v) is 6.38. The molecule has 136 valence electrons. The van der Waals surface area contributed by atoms with E-state index in [0.29, 0.717) is 16.8 Å². The predicted molar refractivity (Wildman–Crippen MR) is 95.4 cm³/mol. The van der Waals surface area contributed by atoms with E-state index in [1.807, 2.05) is 0 Å². The molecule has 8 heteroatoms. The van der Waals surface area contributed by atoms with Crippen molar-refractivity contribution in [3.05, 3.63) is 65.7 Å². The monoisotopic (exact) mass is 380 g/mol. The molecule has 0 aromatic heterocycles. The lowest BCUT2D eigenvalue weighted by Crippen LogP contribution is -2.16. The summed E-state index contributed by atoms with van der Waals surface area (Å²) in [6, 6.07) is 12.4. The first-order chi connectivity index (χ1) is 12.2. The topological polar surface area (TPSA) is 72.2 Å². The number of para-hydroxylation sites is 1. The molecule has 26 heavy (non-hydrogen) atoms. The van der Waals surface area contributed by atoms with Gasteiger partial charge in [-0.3, -0.25) is 9.59 Å². The van der Waals surface area contributed by atoms with Crippen LogP contribution in [0.1, 0.15) is 11.1 Å². The van der Waals surface area contributed by atoms with Crippen molar-refractivity contribution in [2.24, 2.45) is 5.73 Å². The Bertz CT molecular complexity index is 818. The zero-order valence-corrected chi connectivity index (χ0v) is 14.2. The molecule has 2 aromatic rings. The molecular weight excluding hydrogens is 365 g/mol. The molecule has 2 rings (SSSR count). The van der Waals surface area contributed by atoms with Gasteiger partial charge in [0.15, 0.2) is 0 Å². The van der Waals surface area contributed by atoms with Crippen molar-refractivity contribution in [3.8, 4) is 0 Å². The number of thioether (sulfide) groups is 1. The average Bonchev–Trinajstić information content (AvgIpc) is 2.54. The number of halogens is 3. The van der Waals surface area contributed by atoms with Crippen LogP contribution in [0.15, 0.2) is 59.5 Å². The first-order valence-corrected chi connectivity index (χ1v) is 8.26. The third kappa shape index (κ3) is 6.64. The first-order valence-electron chi connectivity index (χ1n) is 7.44. The van der Waals surface area contributed by atoms with Crippen LogP contribution in [0.25, 0.3) is 6.08 Å². The van der Waals surface area contributed by atoms with Gasteiger partial charge in [-0.2, -0.15) is 13.2 Å². The molecule has 0 aliphatic rings. The van der Waals surface area contributed by atoms with Gasteiger partial charge in [-0.25, -0.2) is 0 Å². The van der Waals surface area contributed by atoms with E-state index in [9.17, 15) is 22.8 Å². The molecule has 0 saturated heterocycles. The van der Waals surface area contributed by atoms with Gasteiger partial charge in [0, 0.05) is 16.7 Å². The second-order valence-electron chi connectivity index (χ2n) is 5.24. The zero-order valence-electron chi connectivity index (χ0n) is 13.4. The number of rotatable bonds is 6. The molecule has 0 heterocycles. The van der Waals surface area contributed by atoms with Crippen LogP contribution in [0.4, 0.5) is 18.9 Å². The molecule has 0 fully saturated rings. The highest BCUT2D eigenvalue weighted by Crippen LogP contribution is 2.36. The van der Waals surface area contributed by atoms with Crippen molar-refractivity contribution in [2.45, 2.75) is 16.8 Å². The Balaban J connectivity index is 2.01. The molecule has 0 saturated carbocycles. The highest BCUT2D eigenvalue weighted by Gasteiger charge is 2.28. The third-order valence-corrected chi connectivity index (χ3v) is 3.92. The molecule has 0 radical (unpaired) electrons. The highest BCUT2D eigenvalue weighted by atomic mass is 32.2. The van der Waals surface area contributed by atoms with Crippen LogP contribution < -0.4 is 11.1 Å². The Kier molecular flexibility index (Phi) is 6.46. The zero-order chi connectivity index (χ0) is 19.2. The maximum absolute atomic E-state index is 12.3. The van der Waals surface area contributed by atoms with E-state index in [1.165, 1.54) is 36.4 Å². The normalized spacial score (nSPS) is 11.5. The van der Waals surface area contributed by atoms with E-state index in [4.69, 9.17) is 5.73 Å². The van der Waals surface area contributed by atoms with Gasteiger partial charge in [0.2, 0.25) is 11.8 Å². The summed E-state index contributed by atoms with van der Waals surface area (Å²) in [6.07, 6.45) is 2.74. The van der Waals surface area contributed by atoms with Gasteiger partial charge in [0.05, 0.1) is 6.42 Å². The number of hydrogen-bond donors (Lipinski definition) is 2. The van der Waals surface area contributed by atoms with Gasteiger partial charge in [-0.15, -0.1) is 0 Å². The van der Waals surface area contributed by atoms with Gasteiger partial charge in [-0.1, -0.05) is 30.3 Å². The van der Waals surface area contributed by atoms with Crippen LogP contribution in [0.2, 0.25) is 0 Å². The smallest absolute Gasteiger partial charge is 0.369 e. The molecule has 0 aliphatic heterocycles. The first kappa shape index (κ1) is 19.6. The van der Waals surface area contributed by atoms with E-state index in [1.54, 1.807) is 24.3 Å². The summed E-state index contributed by atoms with van der Waals surface area (Å²) in [5.74, 6) is -0.949. The van der Waals surface area contributed by atoms with Gasteiger partial charge in [-0.05, 0) is 47.2 Å². The summed E-state index contributed by atoms with van der Waals surface area (Å²) < 4.78 is 36.8. The molecule has 2 amide bonds. The lowest BCUT2D eigenvalue weighted by Gasteiger charge is -2.08. The van der Waals surface area contributed by atoms with Crippen LogP contribution >= 0.6 is 11.8 Å². The van der Waals surface area contributed by atoms with Gasteiger partial charge >= 0.3 is 5.51 Å². The van der Waals surface area contributed by atoms with E-state index in [2.05, 4.69) is 5.32 Å². The third-order valence-electron chi connectivity index (χ3n) is 3.18. The molecule has 0 aliphatic carbocycles. The minimum Gasteiger partial charge on any atom is -0.369 e. The maximum Gasteiger partial charge on any atom is 0.446 e. The van der Waals surface area contributed by atoms with Crippen LogP contribution in [0, 0.1) is 0 Å². The van der Waals surface area contributed by atoms with Gasteiger partial charge in [0.1, 0.15) is 0 Å². The number of carbonyl (C=O) groups is 2. The fourth-order valence-electron chi connectivity index (χ4n) is 2.11. The SMILES string of the molecule is NC(=O)Cc1ccccc1NC(=O)C=Cc1ccc(SC(F)(F)F)cc1. The Labute approximate surface area is 152 Å². The number of carbonyl (C=O) groups excluding carboxylic acids is 2. The molecule has 3 N–H and O–H groups in total. The Morgan fingerprint density at radius 1 is 1.08 bits per heavy atom. The van der Waals surface area contributed by atoms with E-state index >= 15 is 0 Å². The van der Waals surface area contributed by atoms with Gasteiger partial charge in [0.25, 0.3) is 0 Å². The summed E-state index contributed by atoms with van der Waals surface area (Å²) in [6.45, 7) is 0.